The lowest BCUT2D eigenvalue weighted by molar-refractivity contribution is 0.195. The van der Waals surface area contributed by atoms with Gasteiger partial charge in [0.1, 0.15) is 0 Å². The van der Waals surface area contributed by atoms with Crippen molar-refractivity contribution in [2.75, 3.05) is 14.7 Å². The lowest BCUT2D eigenvalue weighted by Gasteiger charge is -2.51. The zero-order valence-corrected chi connectivity index (χ0v) is 55.2. The molecule has 3 aliphatic heterocycles. The van der Waals surface area contributed by atoms with Crippen LogP contribution in [0.2, 0.25) is 0 Å². The first-order chi connectivity index (χ1) is 40.4. The van der Waals surface area contributed by atoms with Gasteiger partial charge in [-0.3, -0.25) is 0 Å². The molecule has 86 heavy (non-hydrogen) atoms. The van der Waals surface area contributed by atoms with Crippen LogP contribution in [0.1, 0.15) is 213 Å². The van der Waals surface area contributed by atoms with Gasteiger partial charge in [0.2, 0.25) is 0 Å². The van der Waals surface area contributed by atoms with Crippen molar-refractivity contribution in [1.29, 1.82) is 0 Å². The summed E-state index contributed by atoms with van der Waals surface area (Å²) in [5.74, 6) is 0. The third kappa shape index (κ3) is 7.71. The Labute approximate surface area is 516 Å². The number of anilines is 8. The van der Waals surface area contributed by atoms with Crippen LogP contribution in [-0.4, -0.2) is 12.3 Å². The monoisotopic (exact) mass is 1130 g/mol. The number of fused-ring (bicyclic) bond motifs is 10. The molecular weight excluding hydrogens is 1040 g/mol. The number of hydrogen-bond donors (Lipinski definition) is 0. The van der Waals surface area contributed by atoms with E-state index in [0.29, 0.717) is 0 Å². The molecule has 0 N–H and O–H groups in total. The van der Waals surface area contributed by atoms with Crippen molar-refractivity contribution < 1.29 is 0 Å². The molecule has 3 heterocycles. The van der Waals surface area contributed by atoms with E-state index in [4.69, 9.17) is 0 Å². The summed E-state index contributed by atoms with van der Waals surface area (Å²) >= 11 is 0. The number of aryl methyl sites for hydroxylation is 1. The number of nitrogens with zero attached hydrogens (tertiary/aromatic N) is 3. The molecular formula is C82H92BN3. The molecule has 3 nitrogen and oxygen atoms in total. The first-order valence-electron chi connectivity index (χ1n) is 32.9. The van der Waals surface area contributed by atoms with Crippen molar-refractivity contribution in [2.45, 2.75) is 218 Å². The van der Waals surface area contributed by atoms with Gasteiger partial charge in [0.25, 0.3) is 6.71 Å². The summed E-state index contributed by atoms with van der Waals surface area (Å²) in [5, 5.41) is 0. The molecule has 0 saturated heterocycles. The molecule has 438 valence electrons. The average molecular weight is 1130 g/mol. The molecule has 4 heteroatoms. The van der Waals surface area contributed by atoms with E-state index >= 15 is 0 Å². The molecule has 4 aliphatic carbocycles. The van der Waals surface area contributed by atoms with E-state index in [0.717, 1.165) is 32.1 Å². The lowest BCUT2D eigenvalue weighted by atomic mass is 9.33. The predicted molar refractivity (Wildman–Crippen MR) is 370 cm³/mol. The lowest BCUT2D eigenvalue weighted by Crippen LogP contribution is -2.62. The van der Waals surface area contributed by atoms with Gasteiger partial charge >= 0.3 is 0 Å². The Kier molecular flexibility index (Phi) is 11.5. The van der Waals surface area contributed by atoms with Crippen LogP contribution in [0, 0.1) is 6.92 Å². The Morgan fingerprint density at radius 2 is 0.837 bits per heavy atom. The van der Waals surface area contributed by atoms with Gasteiger partial charge in [-0.05, 0) is 222 Å². The topological polar surface area (TPSA) is 9.72 Å². The highest BCUT2D eigenvalue weighted by Gasteiger charge is 2.59. The highest BCUT2D eigenvalue weighted by atomic mass is 15.3. The van der Waals surface area contributed by atoms with Crippen LogP contribution < -0.4 is 31.1 Å². The van der Waals surface area contributed by atoms with E-state index in [2.05, 4.69) is 285 Å². The summed E-state index contributed by atoms with van der Waals surface area (Å²) in [7, 11) is 0. The van der Waals surface area contributed by atoms with Crippen molar-refractivity contribution in [2.24, 2.45) is 0 Å². The van der Waals surface area contributed by atoms with E-state index in [1.165, 1.54) is 147 Å². The highest BCUT2D eigenvalue weighted by Crippen LogP contribution is 2.64. The molecule has 0 bridgehead atoms. The third-order valence-corrected chi connectivity index (χ3v) is 23.6. The summed E-state index contributed by atoms with van der Waals surface area (Å²) in [4.78, 5) is 8.51. The van der Waals surface area contributed by atoms with Crippen LogP contribution in [0.15, 0.2) is 146 Å². The maximum Gasteiger partial charge on any atom is 0.252 e. The Morgan fingerprint density at radius 3 is 1.36 bits per heavy atom. The fourth-order valence-electron chi connectivity index (χ4n) is 19.9. The number of rotatable bonds is 5. The van der Waals surface area contributed by atoms with Gasteiger partial charge in [-0.15, -0.1) is 0 Å². The fourth-order valence-corrected chi connectivity index (χ4v) is 19.9. The highest BCUT2D eigenvalue weighted by molar-refractivity contribution is 7.00. The maximum atomic E-state index is 2.88. The van der Waals surface area contributed by atoms with Gasteiger partial charge in [0.15, 0.2) is 0 Å². The number of hydrogen-bond acceptors (Lipinski definition) is 3. The molecule has 0 aromatic heterocycles. The molecule has 2 atom stereocenters. The van der Waals surface area contributed by atoms with Crippen LogP contribution >= 0.6 is 0 Å². The molecule has 8 aromatic carbocycles. The smallest absolute Gasteiger partial charge is 0.252 e. The SMILES string of the molecule is Cc1cc2c(cc1N1c3cc4c(cc3B3c5cc6c(cc5N(c5ccc(C(C)(C)C)cc5-c5ccccc5)c5cc(N7c8ccc(-c9ccccc9)cc8C8(C)CCCCC78C)cc1c53)C(C)(C)CC6(C)C)C(C)(C)CC4(C)C)C(C)(C)CC2(C)C. The Hall–Kier alpha value is -6.78. The molecule has 7 aliphatic rings. The van der Waals surface area contributed by atoms with Gasteiger partial charge in [-0.1, -0.05) is 215 Å². The summed E-state index contributed by atoms with van der Waals surface area (Å²) in [5.41, 5.74) is 32.7. The summed E-state index contributed by atoms with van der Waals surface area (Å²) in [6, 6.07) is 59.0. The normalized spacial score (nSPS) is 23.2. The summed E-state index contributed by atoms with van der Waals surface area (Å²) < 4.78 is 0. The first kappa shape index (κ1) is 55.8. The molecule has 1 fully saturated rings. The van der Waals surface area contributed by atoms with Gasteiger partial charge in [-0.2, -0.15) is 0 Å². The quantitative estimate of drug-likeness (QED) is 0.159. The molecule has 15 rings (SSSR count). The predicted octanol–water partition coefficient (Wildman–Crippen LogP) is 20.3. The second-order valence-corrected chi connectivity index (χ2v) is 33.5. The molecule has 0 amide bonds. The standard InChI is InChI=1S/C82H92BN3/c1-50-37-57-60(78(11,12)47-75(57,5)6)44-68(50)85-70-46-62-59(77(9,10)49-80(62,15)16)43-65(70)83-64-42-58-61(79(13,14)48-76(58,7)8)45-69(64)84(66-34-32-54(74(2,3)4)39-56(66)52-29-23-20-24-30-52)71-40-55(41-72(85)73(71)83)86-67-33-31-53(51-27-21-19-22-28-51)38-63(67)81(17)35-25-26-36-82(81,86)18/h19-24,27-34,37-46H,25-26,35-36,47-49H2,1-18H3. The average Bonchev–Trinajstić information content (AvgIpc) is 1.18. The van der Waals surface area contributed by atoms with Gasteiger partial charge < -0.3 is 14.7 Å². The van der Waals surface area contributed by atoms with Gasteiger partial charge in [-0.25, -0.2) is 0 Å². The molecule has 0 spiro atoms. The summed E-state index contributed by atoms with van der Waals surface area (Å²) in [6.45, 7) is 44.8. The van der Waals surface area contributed by atoms with Crippen molar-refractivity contribution in [3.05, 3.63) is 196 Å². The maximum absolute atomic E-state index is 2.88. The van der Waals surface area contributed by atoms with Crippen molar-refractivity contribution in [1.82, 2.24) is 0 Å². The molecule has 8 aromatic rings. The third-order valence-electron chi connectivity index (χ3n) is 23.6. The molecule has 0 radical (unpaired) electrons. The molecule has 1 saturated carbocycles. The van der Waals surface area contributed by atoms with E-state index in [9.17, 15) is 0 Å². The van der Waals surface area contributed by atoms with E-state index in [1.54, 1.807) is 0 Å². The second kappa shape index (κ2) is 17.7. The minimum Gasteiger partial charge on any atom is -0.334 e. The van der Waals surface area contributed by atoms with Crippen LogP contribution in [0.25, 0.3) is 22.3 Å². The zero-order chi connectivity index (χ0) is 60.6. The van der Waals surface area contributed by atoms with Crippen molar-refractivity contribution in [3.63, 3.8) is 0 Å². The number of benzene rings is 8. The largest absolute Gasteiger partial charge is 0.334 e. The van der Waals surface area contributed by atoms with Crippen LogP contribution in [0.4, 0.5) is 45.5 Å². The Bertz CT molecular complexity index is 4200. The Balaban J connectivity index is 1.12. The fraction of sp³-hybridized carbons (Fsp3) is 0.415. The first-order valence-corrected chi connectivity index (χ1v) is 32.9. The van der Waals surface area contributed by atoms with E-state index in [-0.39, 0.29) is 55.6 Å². The minimum atomic E-state index is -0.201. The van der Waals surface area contributed by atoms with E-state index in [1.807, 2.05) is 0 Å². The van der Waals surface area contributed by atoms with Crippen LogP contribution in [0.5, 0.6) is 0 Å². The summed E-state index contributed by atoms with van der Waals surface area (Å²) in [6.07, 6.45) is 8.03. The second-order valence-electron chi connectivity index (χ2n) is 33.5. The van der Waals surface area contributed by atoms with Crippen LogP contribution in [-0.2, 0) is 43.3 Å². The van der Waals surface area contributed by atoms with Gasteiger partial charge in [0.05, 0.1) is 11.2 Å². The van der Waals surface area contributed by atoms with Crippen molar-refractivity contribution in [3.8, 4) is 22.3 Å². The van der Waals surface area contributed by atoms with Gasteiger partial charge in [0, 0.05) is 50.8 Å². The Morgan fingerprint density at radius 1 is 0.384 bits per heavy atom. The zero-order valence-electron chi connectivity index (χ0n) is 55.2. The van der Waals surface area contributed by atoms with Crippen molar-refractivity contribution >= 4 is 68.6 Å². The van der Waals surface area contributed by atoms with Crippen LogP contribution in [0.3, 0.4) is 0 Å². The minimum absolute atomic E-state index is 0.00321. The molecule has 2 unspecified atom stereocenters. The van der Waals surface area contributed by atoms with E-state index < -0.39 is 0 Å².